The highest BCUT2D eigenvalue weighted by molar-refractivity contribution is 9.11. The predicted molar refractivity (Wildman–Crippen MR) is 64.1 cm³/mol. The highest BCUT2D eigenvalue weighted by atomic mass is 79.9. The summed E-state index contributed by atoms with van der Waals surface area (Å²) in [5, 5.41) is 8.91. The molecule has 0 aliphatic rings. The first kappa shape index (κ1) is 12.6. The molecule has 0 spiro atoms. The summed E-state index contributed by atoms with van der Waals surface area (Å²) in [4.78, 5) is 13.6. The zero-order valence-electron chi connectivity index (χ0n) is 8.48. The lowest BCUT2D eigenvalue weighted by molar-refractivity contribution is -0.140. The van der Waals surface area contributed by atoms with Gasteiger partial charge in [0.2, 0.25) is 0 Å². The Labute approximate surface area is 101 Å². The van der Waals surface area contributed by atoms with Crippen LogP contribution in [0.5, 0.6) is 0 Å². The van der Waals surface area contributed by atoms with Crippen LogP contribution in [0.1, 0.15) is 10.9 Å². The SMILES string of the molecule is CN(C)C(c1ccc(Br)s1)C(N)C(=O)O. The first-order valence-corrected chi connectivity index (χ1v) is 5.94. The number of aliphatic carboxylic acids is 1. The molecule has 0 aromatic carbocycles. The van der Waals surface area contributed by atoms with E-state index in [0.29, 0.717) is 0 Å². The molecule has 84 valence electrons. The lowest BCUT2D eigenvalue weighted by atomic mass is 10.1. The minimum Gasteiger partial charge on any atom is -0.480 e. The average molecular weight is 293 g/mol. The van der Waals surface area contributed by atoms with Crippen LogP contribution in [0.4, 0.5) is 0 Å². The molecule has 0 amide bonds. The Hall–Kier alpha value is -0.430. The van der Waals surface area contributed by atoms with E-state index in [4.69, 9.17) is 10.8 Å². The molecule has 0 radical (unpaired) electrons. The zero-order chi connectivity index (χ0) is 11.6. The number of hydrogen-bond donors (Lipinski definition) is 2. The van der Waals surface area contributed by atoms with Gasteiger partial charge in [0, 0.05) is 4.88 Å². The van der Waals surface area contributed by atoms with E-state index >= 15 is 0 Å². The average Bonchev–Trinajstić information content (AvgIpc) is 2.51. The summed E-state index contributed by atoms with van der Waals surface area (Å²) in [6, 6.07) is 2.58. The van der Waals surface area contributed by atoms with Crippen LogP contribution in [0.25, 0.3) is 0 Å². The van der Waals surface area contributed by atoms with Gasteiger partial charge >= 0.3 is 5.97 Å². The summed E-state index contributed by atoms with van der Waals surface area (Å²) in [5.41, 5.74) is 5.65. The van der Waals surface area contributed by atoms with Crippen molar-refractivity contribution in [2.75, 3.05) is 14.1 Å². The second-order valence-electron chi connectivity index (χ2n) is 3.41. The van der Waals surface area contributed by atoms with Crippen LogP contribution in [0.2, 0.25) is 0 Å². The van der Waals surface area contributed by atoms with Crippen LogP contribution >= 0.6 is 27.3 Å². The van der Waals surface area contributed by atoms with Gasteiger partial charge in [-0.25, -0.2) is 0 Å². The lowest BCUT2D eigenvalue weighted by Gasteiger charge is -2.26. The molecule has 0 aliphatic carbocycles. The van der Waals surface area contributed by atoms with E-state index in [1.54, 1.807) is 0 Å². The van der Waals surface area contributed by atoms with Gasteiger partial charge in [-0.15, -0.1) is 11.3 Å². The van der Waals surface area contributed by atoms with E-state index in [1.165, 1.54) is 11.3 Å². The fraction of sp³-hybridized carbons (Fsp3) is 0.444. The maximum absolute atomic E-state index is 10.9. The zero-order valence-corrected chi connectivity index (χ0v) is 10.9. The number of carbonyl (C=O) groups is 1. The highest BCUT2D eigenvalue weighted by Gasteiger charge is 2.28. The van der Waals surface area contributed by atoms with E-state index in [0.717, 1.165) is 8.66 Å². The molecule has 6 heteroatoms. The molecule has 0 saturated heterocycles. The molecule has 4 nitrogen and oxygen atoms in total. The second-order valence-corrected chi connectivity index (χ2v) is 5.91. The third-order valence-electron chi connectivity index (χ3n) is 2.07. The summed E-state index contributed by atoms with van der Waals surface area (Å²) >= 11 is 4.85. The van der Waals surface area contributed by atoms with Crippen molar-refractivity contribution < 1.29 is 9.90 Å². The fourth-order valence-corrected chi connectivity index (χ4v) is 3.04. The van der Waals surface area contributed by atoms with Gasteiger partial charge in [-0.1, -0.05) is 0 Å². The van der Waals surface area contributed by atoms with E-state index in [-0.39, 0.29) is 6.04 Å². The van der Waals surface area contributed by atoms with Crippen molar-refractivity contribution in [1.82, 2.24) is 4.90 Å². The van der Waals surface area contributed by atoms with Gasteiger partial charge in [0.1, 0.15) is 6.04 Å². The molecule has 2 atom stereocenters. The molecule has 1 rings (SSSR count). The van der Waals surface area contributed by atoms with Gasteiger partial charge in [-0.3, -0.25) is 9.69 Å². The molecule has 0 fully saturated rings. The van der Waals surface area contributed by atoms with Crippen LogP contribution in [-0.4, -0.2) is 36.1 Å². The van der Waals surface area contributed by atoms with E-state index in [1.807, 2.05) is 31.1 Å². The van der Waals surface area contributed by atoms with Gasteiger partial charge in [0.25, 0.3) is 0 Å². The number of likely N-dealkylation sites (N-methyl/N-ethyl adjacent to an activating group) is 1. The molecule has 1 aromatic heterocycles. The Kier molecular flexibility index (Phi) is 4.27. The van der Waals surface area contributed by atoms with Crippen molar-refractivity contribution in [3.05, 3.63) is 20.8 Å². The molecule has 15 heavy (non-hydrogen) atoms. The van der Waals surface area contributed by atoms with E-state index in [9.17, 15) is 4.79 Å². The number of carboxylic acids is 1. The Bertz CT molecular complexity index is 354. The summed E-state index contributed by atoms with van der Waals surface area (Å²) in [7, 11) is 3.64. The van der Waals surface area contributed by atoms with E-state index in [2.05, 4.69) is 15.9 Å². The molecular formula is C9H13BrN2O2S. The van der Waals surface area contributed by atoms with Crippen molar-refractivity contribution in [3.63, 3.8) is 0 Å². The van der Waals surface area contributed by atoms with Crippen molar-refractivity contribution in [1.29, 1.82) is 0 Å². The maximum Gasteiger partial charge on any atom is 0.322 e. The first-order valence-electron chi connectivity index (χ1n) is 4.33. The van der Waals surface area contributed by atoms with Gasteiger partial charge in [-0.2, -0.15) is 0 Å². The highest BCUT2D eigenvalue weighted by Crippen LogP contribution is 2.31. The summed E-state index contributed by atoms with van der Waals surface area (Å²) in [6.07, 6.45) is 0. The number of nitrogens with zero attached hydrogens (tertiary/aromatic N) is 1. The second kappa shape index (κ2) is 5.07. The van der Waals surface area contributed by atoms with Crippen molar-refractivity contribution in [3.8, 4) is 0 Å². The molecule has 1 heterocycles. The third kappa shape index (κ3) is 3.01. The Balaban J connectivity index is 2.98. The van der Waals surface area contributed by atoms with Crippen LogP contribution in [0.15, 0.2) is 15.9 Å². The number of nitrogens with two attached hydrogens (primary N) is 1. The Morgan fingerprint density at radius 3 is 2.53 bits per heavy atom. The van der Waals surface area contributed by atoms with Gasteiger partial charge < -0.3 is 10.8 Å². The fourth-order valence-electron chi connectivity index (χ4n) is 1.37. The maximum atomic E-state index is 10.9. The summed E-state index contributed by atoms with van der Waals surface area (Å²) < 4.78 is 0.974. The van der Waals surface area contributed by atoms with Crippen LogP contribution < -0.4 is 5.73 Å². The number of hydrogen-bond acceptors (Lipinski definition) is 4. The molecular weight excluding hydrogens is 280 g/mol. The van der Waals surface area contributed by atoms with Crippen LogP contribution in [-0.2, 0) is 4.79 Å². The largest absolute Gasteiger partial charge is 0.480 e. The third-order valence-corrected chi connectivity index (χ3v) is 3.76. The van der Waals surface area contributed by atoms with Crippen molar-refractivity contribution in [2.24, 2.45) is 5.73 Å². The molecule has 3 N–H and O–H groups in total. The van der Waals surface area contributed by atoms with Gasteiger partial charge in [0.15, 0.2) is 0 Å². The Morgan fingerprint density at radius 1 is 1.60 bits per heavy atom. The van der Waals surface area contributed by atoms with Gasteiger partial charge in [0.05, 0.1) is 9.83 Å². The quantitative estimate of drug-likeness (QED) is 0.883. The minimum absolute atomic E-state index is 0.293. The number of rotatable bonds is 4. The molecule has 1 aromatic rings. The van der Waals surface area contributed by atoms with Crippen molar-refractivity contribution in [2.45, 2.75) is 12.1 Å². The topological polar surface area (TPSA) is 66.6 Å². The van der Waals surface area contributed by atoms with Crippen molar-refractivity contribution >= 4 is 33.2 Å². The monoisotopic (exact) mass is 292 g/mol. The summed E-state index contributed by atoms with van der Waals surface area (Å²) in [6.45, 7) is 0. The first-order chi connectivity index (χ1) is 6.93. The van der Waals surface area contributed by atoms with Crippen LogP contribution in [0.3, 0.4) is 0 Å². The predicted octanol–water partition coefficient (Wildman–Crippen LogP) is 1.53. The normalized spacial score (nSPS) is 15.3. The Morgan fingerprint density at radius 2 is 2.20 bits per heavy atom. The van der Waals surface area contributed by atoms with Gasteiger partial charge in [-0.05, 0) is 42.2 Å². The number of thiophene rings is 1. The molecule has 0 aliphatic heterocycles. The molecule has 0 saturated carbocycles. The van der Waals surface area contributed by atoms with Crippen LogP contribution in [0, 0.1) is 0 Å². The lowest BCUT2D eigenvalue weighted by Crippen LogP contribution is -2.42. The molecule has 2 unspecified atom stereocenters. The minimum atomic E-state index is -0.988. The smallest absolute Gasteiger partial charge is 0.322 e. The summed E-state index contributed by atoms with van der Waals surface area (Å²) in [5.74, 6) is -0.988. The number of carboxylic acid groups (broad SMARTS) is 1. The standard InChI is InChI=1S/C9H13BrN2O2S/c1-12(2)8(7(11)9(13)14)5-3-4-6(10)15-5/h3-4,7-8H,11H2,1-2H3,(H,13,14). The van der Waals surface area contributed by atoms with E-state index < -0.39 is 12.0 Å². The number of halogens is 1. The molecule has 0 bridgehead atoms.